The zero-order chi connectivity index (χ0) is 22.5. The number of amides is 1. The number of carbonyl (C=O) groups is 1. The fourth-order valence-corrected chi connectivity index (χ4v) is 5.87. The van der Waals surface area contributed by atoms with Gasteiger partial charge in [0.25, 0.3) is 0 Å². The SMILES string of the molecule is CC1Cc2ccccc2N1C(=O)Cn1c(=O)oc2cc(S(=O)(=O)N3CCOCC3)ccc21. The van der Waals surface area contributed by atoms with E-state index in [-0.39, 0.29) is 42.1 Å². The minimum absolute atomic E-state index is 0.0148. The third kappa shape index (κ3) is 3.44. The summed E-state index contributed by atoms with van der Waals surface area (Å²) in [5.41, 5.74) is 2.46. The summed E-state index contributed by atoms with van der Waals surface area (Å²) in [5.74, 6) is -0.924. The minimum atomic E-state index is -3.73. The largest absolute Gasteiger partial charge is 0.420 e. The Bertz CT molecular complexity index is 1350. The van der Waals surface area contributed by atoms with Crippen LogP contribution >= 0.6 is 0 Å². The molecule has 1 unspecified atom stereocenters. The van der Waals surface area contributed by atoms with Crippen molar-refractivity contribution in [1.82, 2.24) is 8.87 Å². The van der Waals surface area contributed by atoms with E-state index in [2.05, 4.69) is 0 Å². The molecule has 0 aliphatic carbocycles. The average molecular weight is 458 g/mol. The topological polar surface area (TPSA) is 102 Å². The number of aromatic nitrogens is 1. The van der Waals surface area contributed by atoms with Crippen molar-refractivity contribution in [1.29, 1.82) is 0 Å². The molecule has 0 radical (unpaired) electrons. The molecule has 9 nitrogen and oxygen atoms in total. The summed E-state index contributed by atoms with van der Waals surface area (Å²) >= 11 is 0. The van der Waals surface area contributed by atoms with Gasteiger partial charge < -0.3 is 14.1 Å². The van der Waals surface area contributed by atoms with E-state index in [4.69, 9.17) is 9.15 Å². The predicted octanol–water partition coefficient (Wildman–Crippen LogP) is 1.59. The van der Waals surface area contributed by atoms with Crippen molar-refractivity contribution < 1.29 is 22.4 Å². The molecule has 168 valence electrons. The van der Waals surface area contributed by atoms with E-state index >= 15 is 0 Å². The summed E-state index contributed by atoms with van der Waals surface area (Å²) in [6, 6.07) is 12.0. The molecule has 2 aromatic carbocycles. The van der Waals surface area contributed by atoms with Crippen LogP contribution in [0.3, 0.4) is 0 Å². The summed E-state index contributed by atoms with van der Waals surface area (Å²) in [7, 11) is -3.73. The number of sulfonamides is 1. The van der Waals surface area contributed by atoms with E-state index in [1.54, 1.807) is 4.90 Å². The maximum atomic E-state index is 13.1. The summed E-state index contributed by atoms with van der Waals surface area (Å²) < 4.78 is 39.0. The van der Waals surface area contributed by atoms with Gasteiger partial charge in [-0.05, 0) is 37.1 Å². The molecule has 1 aromatic heterocycles. The molecule has 1 fully saturated rings. The standard InChI is InChI=1S/C22H23N3O6S/c1-15-12-16-4-2-3-5-18(16)25(15)21(26)14-24-19-7-6-17(13-20(19)31-22(24)27)32(28,29)23-8-10-30-11-9-23/h2-7,13,15H,8-12,14H2,1H3. The van der Waals surface area contributed by atoms with Crippen LogP contribution in [-0.4, -0.2) is 55.5 Å². The highest BCUT2D eigenvalue weighted by molar-refractivity contribution is 7.89. The van der Waals surface area contributed by atoms with Gasteiger partial charge >= 0.3 is 5.76 Å². The molecule has 2 aliphatic heterocycles. The Morgan fingerprint density at radius 1 is 1.12 bits per heavy atom. The van der Waals surface area contributed by atoms with E-state index in [9.17, 15) is 18.0 Å². The van der Waals surface area contributed by atoms with E-state index < -0.39 is 15.8 Å². The molecular formula is C22H23N3O6S. The second kappa shape index (κ2) is 7.88. The maximum absolute atomic E-state index is 13.1. The third-order valence-corrected chi connectivity index (χ3v) is 7.91. The lowest BCUT2D eigenvalue weighted by Gasteiger charge is -2.26. The second-order valence-corrected chi connectivity index (χ2v) is 9.98. The quantitative estimate of drug-likeness (QED) is 0.590. The average Bonchev–Trinajstić information content (AvgIpc) is 3.29. The smallest absolute Gasteiger partial charge is 0.408 e. The molecule has 5 rings (SSSR count). The number of para-hydroxylation sites is 1. The van der Waals surface area contributed by atoms with Gasteiger partial charge in [0.15, 0.2) is 5.58 Å². The highest BCUT2D eigenvalue weighted by Gasteiger charge is 2.32. The number of morpholine rings is 1. The van der Waals surface area contributed by atoms with Crippen molar-refractivity contribution in [3.05, 3.63) is 58.6 Å². The predicted molar refractivity (Wildman–Crippen MR) is 117 cm³/mol. The van der Waals surface area contributed by atoms with Crippen LogP contribution in [0.1, 0.15) is 12.5 Å². The van der Waals surface area contributed by atoms with Crippen LogP contribution in [0.15, 0.2) is 56.6 Å². The van der Waals surface area contributed by atoms with E-state index in [1.165, 1.54) is 27.1 Å². The number of ether oxygens (including phenoxy) is 1. The number of carbonyl (C=O) groups excluding carboxylic acids is 1. The van der Waals surface area contributed by atoms with Crippen LogP contribution in [-0.2, 0) is 32.5 Å². The first kappa shape index (κ1) is 20.9. The number of benzene rings is 2. The van der Waals surface area contributed by atoms with Gasteiger partial charge in [0.1, 0.15) is 6.54 Å². The van der Waals surface area contributed by atoms with Crippen molar-refractivity contribution in [2.24, 2.45) is 0 Å². The van der Waals surface area contributed by atoms with Crippen LogP contribution in [0.5, 0.6) is 0 Å². The third-order valence-electron chi connectivity index (χ3n) is 6.02. The molecule has 0 bridgehead atoms. The van der Waals surface area contributed by atoms with Gasteiger partial charge in [0.05, 0.1) is 23.6 Å². The van der Waals surface area contributed by atoms with E-state index in [0.717, 1.165) is 17.7 Å². The van der Waals surface area contributed by atoms with Gasteiger partial charge in [0, 0.05) is 30.9 Å². The zero-order valence-electron chi connectivity index (χ0n) is 17.6. The second-order valence-electron chi connectivity index (χ2n) is 8.05. The number of anilines is 1. The van der Waals surface area contributed by atoms with Crippen LogP contribution in [0.25, 0.3) is 11.1 Å². The Hall–Kier alpha value is -2.95. The Balaban J connectivity index is 1.45. The fourth-order valence-electron chi connectivity index (χ4n) is 4.45. The fraction of sp³-hybridized carbons (Fsp3) is 0.364. The molecular weight excluding hydrogens is 434 g/mol. The molecule has 10 heteroatoms. The van der Waals surface area contributed by atoms with Crippen molar-refractivity contribution in [3.63, 3.8) is 0 Å². The van der Waals surface area contributed by atoms with Crippen molar-refractivity contribution >= 4 is 32.7 Å². The van der Waals surface area contributed by atoms with Crippen LogP contribution in [0.4, 0.5) is 5.69 Å². The molecule has 1 atom stereocenters. The summed E-state index contributed by atoms with van der Waals surface area (Å²) in [4.78, 5) is 27.4. The highest BCUT2D eigenvalue weighted by Crippen LogP contribution is 2.32. The van der Waals surface area contributed by atoms with Crippen LogP contribution in [0.2, 0.25) is 0 Å². The molecule has 1 saturated heterocycles. The van der Waals surface area contributed by atoms with E-state index in [0.29, 0.717) is 18.7 Å². The van der Waals surface area contributed by atoms with Gasteiger partial charge in [-0.15, -0.1) is 0 Å². The molecule has 2 aliphatic rings. The molecule has 0 N–H and O–H groups in total. The lowest BCUT2D eigenvalue weighted by Crippen LogP contribution is -2.40. The number of hydrogen-bond acceptors (Lipinski definition) is 6. The van der Waals surface area contributed by atoms with Gasteiger partial charge in [0.2, 0.25) is 15.9 Å². The summed E-state index contributed by atoms with van der Waals surface area (Å²) in [5, 5.41) is 0. The van der Waals surface area contributed by atoms with E-state index in [1.807, 2.05) is 31.2 Å². The Labute approximate surface area is 184 Å². The number of rotatable bonds is 4. The molecule has 1 amide bonds. The minimum Gasteiger partial charge on any atom is -0.408 e. The normalized spacial score (nSPS) is 19.4. The molecule has 32 heavy (non-hydrogen) atoms. The van der Waals surface area contributed by atoms with Crippen LogP contribution in [0, 0.1) is 0 Å². The molecule has 0 saturated carbocycles. The summed E-state index contributed by atoms with van der Waals surface area (Å²) in [6.07, 6.45) is 0.756. The summed E-state index contributed by atoms with van der Waals surface area (Å²) in [6.45, 7) is 3.00. The number of oxazole rings is 1. The van der Waals surface area contributed by atoms with Gasteiger partial charge in [-0.3, -0.25) is 9.36 Å². The Kier molecular flexibility index (Phi) is 5.15. The first-order valence-electron chi connectivity index (χ1n) is 10.5. The number of fused-ring (bicyclic) bond motifs is 2. The number of hydrogen-bond donors (Lipinski definition) is 0. The van der Waals surface area contributed by atoms with Gasteiger partial charge in [-0.1, -0.05) is 18.2 Å². The Morgan fingerprint density at radius 2 is 1.88 bits per heavy atom. The monoisotopic (exact) mass is 457 g/mol. The Morgan fingerprint density at radius 3 is 2.66 bits per heavy atom. The highest BCUT2D eigenvalue weighted by atomic mass is 32.2. The molecule has 3 aromatic rings. The molecule has 3 heterocycles. The van der Waals surface area contributed by atoms with Gasteiger partial charge in [-0.25, -0.2) is 13.2 Å². The zero-order valence-corrected chi connectivity index (χ0v) is 18.4. The first-order chi connectivity index (χ1) is 15.4. The van der Waals surface area contributed by atoms with Crippen molar-refractivity contribution in [2.45, 2.75) is 30.8 Å². The van der Waals surface area contributed by atoms with Gasteiger partial charge in [-0.2, -0.15) is 4.31 Å². The van der Waals surface area contributed by atoms with Crippen molar-refractivity contribution in [2.75, 3.05) is 31.2 Å². The lowest BCUT2D eigenvalue weighted by molar-refractivity contribution is -0.119. The maximum Gasteiger partial charge on any atom is 0.420 e. The first-order valence-corrected chi connectivity index (χ1v) is 11.9. The lowest BCUT2D eigenvalue weighted by atomic mass is 10.1. The number of nitrogens with zero attached hydrogens (tertiary/aromatic N) is 3. The van der Waals surface area contributed by atoms with Crippen molar-refractivity contribution in [3.8, 4) is 0 Å². The van der Waals surface area contributed by atoms with Crippen LogP contribution < -0.4 is 10.7 Å². The molecule has 0 spiro atoms.